The molecule has 1 N–H and O–H groups in total. The second-order valence-corrected chi connectivity index (χ2v) is 9.25. The molecule has 1 aromatic heterocycles. The van der Waals surface area contributed by atoms with Gasteiger partial charge in [0.1, 0.15) is 23.0 Å². The van der Waals surface area contributed by atoms with E-state index in [1.165, 1.54) is 0 Å². The van der Waals surface area contributed by atoms with E-state index in [1.807, 2.05) is 37.3 Å². The molecule has 0 radical (unpaired) electrons. The summed E-state index contributed by atoms with van der Waals surface area (Å²) in [6.45, 7) is 10.6. The second kappa shape index (κ2) is 10.1. The highest BCUT2D eigenvalue weighted by Crippen LogP contribution is 2.30. The van der Waals surface area contributed by atoms with Gasteiger partial charge < -0.3 is 19.2 Å². The van der Waals surface area contributed by atoms with Gasteiger partial charge in [0, 0.05) is 22.9 Å². The Labute approximate surface area is 199 Å². The molecule has 0 aliphatic carbocycles. The number of fused-ring (bicyclic) bond motifs is 1. The monoisotopic (exact) mass is 465 g/mol. The van der Waals surface area contributed by atoms with Gasteiger partial charge >= 0.3 is 17.7 Å². The molecule has 0 aliphatic rings. The highest BCUT2D eigenvalue weighted by Gasteiger charge is 2.25. The van der Waals surface area contributed by atoms with Gasteiger partial charge in [-0.1, -0.05) is 37.3 Å². The number of rotatable bonds is 6. The highest BCUT2D eigenvalue weighted by atomic mass is 16.6. The van der Waals surface area contributed by atoms with Gasteiger partial charge in [-0.25, -0.2) is 14.4 Å². The summed E-state index contributed by atoms with van der Waals surface area (Å²) in [5, 5.41) is 3.32. The molecule has 0 fully saturated rings. The van der Waals surface area contributed by atoms with Gasteiger partial charge in [0.2, 0.25) is 0 Å². The van der Waals surface area contributed by atoms with Crippen molar-refractivity contribution < 1.29 is 23.5 Å². The molecule has 0 bridgehead atoms. The van der Waals surface area contributed by atoms with Gasteiger partial charge in [-0.05, 0) is 64.3 Å². The molecule has 3 aromatic rings. The fourth-order valence-corrected chi connectivity index (χ4v) is 3.64. The van der Waals surface area contributed by atoms with Crippen LogP contribution in [0.25, 0.3) is 11.0 Å². The lowest BCUT2D eigenvalue weighted by Gasteiger charge is -2.22. The van der Waals surface area contributed by atoms with Gasteiger partial charge in [-0.3, -0.25) is 0 Å². The minimum Gasteiger partial charge on any atom is -0.444 e. The van der Waals surface area contributed by atoms with Crippen molar-refractivity contribution in [2.75, 3.05) is 0 Å². The van der Waals surface area contributed by atoms with E-state index >= 15 is 0 Å². The summed E-state index contributed by atoms with van der Waals surface area (Å²) in [7, 11) is 0. The number of aryl methyl sites for hydroxylation is 2. The average molecular weight is 466 g/mol. The Bertz CT molecular complexity index is 1250. The number of carbonyl (C=O) groups excluding carboxylic acids is 2. The number of ether oxygens (including phenoxy) is 2. The maximum Gasteiger partial charge on any atom is 0.408 e. The molecule has 1 amide bonds. The highest BCUT2D eigenvalue weighted by molar-refractivity contribution is 5.88. The molecule has 7 nitrogen and oxygen atoms in total. The number of nitrogens with one attached hydrogen (secondary N) is 1. The smallest absolute Gasteiger partial charge is 0.408 e. The molecular formula is C27H31NO6. The van der Waals surface area contributed by atoms with Crippen LogP contribution in [0, 0.1) is 13.8 Å². The summed E-state index contributed by atoms with van der Waals surface area (Å²) in [4.78, 5) is 37.6. The van der Waals surface area contributed by atoms with Crippen LogP contribution in [0.5, 0.6) is 5.75 Å². The lowest BCUT2D eigenvalue weighted by Crippen LogP contribution is -2.44. The first kappa shape index (κ1) is 25.0. The molecule has 3 rings (SSSR count). The average Bonchev–Trinajstić information content (AvgIpc) is 2.76. The number of benzene rings is 2. The number of esters is 1. The molecule has 34 heavy (non-hydrogen) atoms. The van der Waals surface area contributed by atoms with Crippen LogP contribution in [0.2, 0.25) is 0 Å². The summed E-state index contributed by atoms with van der Waals surface area (Å²) >= 11 is 0. The van der Waals surface area contributed by atoms with E-state index in [0.717, 1.165) is 16.5 Å². The van der Waals surface area contributed by atoms with E-state index in [4.69, 9.17) is 13.9 Å². The van der Waals surface area contributed by atoms with Crippen molar-refractivity contribution in [1.29, 1.82) is 0 Å². The Morgan fingerprint density at radius 2 is 1.71 bits per heavy atom. The first-order valence-electron chi connectivity index (χ1n) is 11.3. The largest absolute Gasteiger partial charge is 0.444 e. The van der Waals surface area contributed by atoms with E-state index in [2.05, 4.69) is 5.32 Å². The normalized spacial score (nSPS) is 12.3. The molecule has 0 unspecified atom stereocenters. The van der Waals surface area contributed by atoms with E-state index in [-0.39, 0.29) is 5.75 Å². The van der Waals surface area contributed by atoms with Crippen molar-refractivity contribution in [2.45, 2.75) is 66.0 Å². The Morgan fingerprint density at radius 3 is 2.32 bits per heavy atom. The number of hydrogen-bond donors (Lipinski definition) is 1. The summed E-state index contributed by atoms with van der Waals surface area (Å²) < 4.78 is 16.5. The second-order valence-electron chi connectivity index (χ2n) is 9.25. The lowest BCUT2D eigenvalue weighted by molar-refractivity contribution is -0.136. The summed E-state index contributed by atoms with van der Waals surface area (Å²) in [5.41, 5.74) is 2.24. The van der Waals surface area contributed by atoms with Crippen molar-refractivity contribution in [3.63, 3.8) is 0 Å². The number of hydrogen-bond acceptors (Lipinski definition) is 6. The zero-order valence-corrected chi connectivity index (χ0v) is 20.5. The van der Waals surface area contributed by atoms with E-state index in [9.17, 15) is 14.4 Å². The van der Waals surface area contributed by atoms with Crippen molar-refractivity contribution in [1.82, 2.24) is 5.32 Å². The maximum atomic E-state index is 12.8. The lowest BCUT2D eigenvalue weighted by atomic mass is 9.98. The molecule has 2 aromatic carbocycles. The minimum atomic E-state index is -0.882. The zero-order chi connectivity index (χ0) is 25.0. The van der Waals surface area contributed by atoms with Crippen molar-refractivity contribution in [2.24, 2.45) is 0 Å². The fraction of sp³-hybridized carbons (Fsp3) is 0.370. The van der Waals surface area contributed by atoms with Gasteiger partial charge in [0.25, 0.3) is 0 Å². The number of carbonyl (C=O) groups is 2. The van der Waals surface area contributed by atoms with Crippen molar-refractivity contribution >= 4 is 23.0 Å². The third-order valence-electron chi connectivity index (χ3n) is 5.47. The summed E-state index contributed by atoms with van der Waals surface area (Å²) in [6, 6.07) is 12.3. The molecule has 0 aliphatic heterocycles. The minimum absolute atomic E-state index is 0.264. The maximum absolute atomic E-state index is 12.8. The fourth-order valence-electron chi connectivity index (χ4n) is 3.64. The Morgan fingerprint density at radius 1 is 1.03 bits per heavy atom. The van der Waals surface area contributed by atoms with Crippen LogP contribution in [-0.4, -0.2) is 23.7 Å². The predicted octanol–water partition coefficient (Wildman–Crippen LogP) is 5.21. The van der Waals surface area contributed by atoms with E-state index < -0.39 is 29.3 Å². The first-order chi connectivity index (χ1) is 16.0. The van der Waals surface area contributed by atoms with Crippen LogP contribution in [0.15, 0.2) is 51.7 Å². The van der Waals surface area contributed by atoms with Gasteiger partial charge in [-0.2, -0.15) is 0 Å². The molecule has 1 heterocycles. The topological polar surface area (TPSA) is 94.8 Å². The third-order valence-corrected chi connectivity index (χ3v) is 5.47. The molecule has 0 saturated heterocycles. The van der Waals surface area contributed by atoms with E-state index in [0.29, 0.717) is 29.6 Å². The molecule has 180 valence electrons. The standard InChI is InChI=1S/C27H31NO6/c1-7-21(28-26(31)34-27(4,5)6)25(30)32-22-14-13-19-16(2)20(15-18-11-9-8-10-12-18)24(29)33-23(19)17(22)3/h8-14,21H,7,15H2,1-6H3,(H,28,31)/t21-/m0/s1. The van der Waals surface area contributed by atoms with Crippen LogP contribution >= 0.6 is 0 Å². The van der Waals surface area contributed by atoms with Gasteiger partial charge in [-0.15, -0.1) is 0 Å². The molecule has 7 heteroatoms. The summed E-state index contributed by atoms with van der Waals surface area (Å²) in [6.07, 6.45) is 0.0934. The van der Waals surface area contributed by atoms with Crippen LogP contribution in [0.1, 0.15) is 56.4 Å². The Balaban J connectivity index is 1.86. The SMILES string of the molecule is CC[C@H](NC(=O)OC(C)(C)C)C(=O)Oc1ccc2c(C)c(Cc3ccccc3)c(=O)oc2c1C. The quantitative estimate of drug-likeness (QED) is 0.305. The molecule has 0 saturated carbocycles. The Kier molecular flexibility index (Phi) is 7.44. The predicted molar refractivity (Wildman–Crippen MR) is 130 cm³/mol. The number of alkyl carbamates (subject to hydrolysis) is 1. The number of amides is 1. The van der Waals surface area contributed by atoms with Crippen LogP contribution in [-0.2, 0) is 16.0 Å². The molecular weight excluding hydrogens is 434 g/mol. The van der Waals surface area contributed by atoms with Gasteiger partial charge in [0.05, 0.1) is 0 Å². The van der Waals surface area contributed by atoms with Crippen LogP contribution in [0.3, 0.4) is 0 Å². The zero-order valence-electron chi connectivity index (χ0n) is 20.5. The Hall–Kier alpha value is -3.61. The summed E-state index contributed by atoms with van der Waals surface area (Å²) in [5.74, 6) is -0.365. The third kappa shape index (κ3) is 5.84. The van der Waals surface area contributed by atoms with E-state index in [1.54, 1.807) is 46.8 Å². The molecule has 1 atom stereocenters. The van der Waals surface area contributed by atoms with Crippen molar-refractivity contribution in [3.05, 3.63) is 75.1 Å². The molecule has 0 spiro atoms. The van der Waals surface area contributed by atoms with Crippen LogP contribution < -0.4 is 15.7 Å². The van der Waals surface area contributed by atoms with Crippen molar-refractivity contribution in [3.8, 4) is 5.75 Å². The van der Waals surface area contributed by atoms with Gasteiger partial charge in [0.15, 0.2) is 0 Å². The first-order valence-corrected chi connectivity index (χ1v) is 11.3. The van der Waals surface area contributed by atoms with Crippen LogP contribution in [0.4, 0.5) is 4.79 Å².